The molecule has 0 spiro atoms. The first kappa shape index (κ1) is 35.8. The fourth-order valence-corrected chi connectivity index (χ4v) is 4.51. The van der Waals surface area contributed by atoms with Crippen LogP contribution in [0.5, 0.6) is 0 Å². The second-order valence-electron chi connectivity index (χ2n) is 10.2. The number of thiocarbonyl (C=S) groups is 1. The lowest BCUT2D eigenvalue weighted by Crippen LogP contribution is -2.29. The normalized spacial score (nSPS) is 11.4. The van der Waals surface area contributed by atoms with E-state index in [2.05, 4.69) is 13.8 Å². The standard InChI is InChI=1S/C31H62O4S/c1-4-7-9-11-13-15-17-19-21-23-27-33-30(31(36)35-29-25-26-32-6-3)34-28-24-22-20-18-16-14-12-10-8-5-2/h30H,4-29H2,1-3H3. The number of unbranched alkanes of at least 4 members (excludes halogenated alkanes) is 18. The van der Waals surface area contributed by atoms with Crippen LogP contribution < -0.4 is 0 Å². The van der Waals surface area contributed by atoms with E-state index < -0.39 is 6.29 Å². The first-order valence-electron chi connectivity index (χ1n) is 15.7. The molecule has 0 radical (unpaired) electrons. The molecule has 0 aromatic carbocycles. The minimum absolute atomic E-state index is 0.436. The topological polar surface area (TPSA) is 36.9 Å². The van der Waals surface area contributed by atoms with E-state index in [1.165, 1.54) is 116 Å². The minimum atomic E-state index is -0.524. The maximum Gasteiger partial charge on any atom is 0.227 e. The molecular weight excluding hydrogens is 468 g/mol. The molecule has 0 N–H and O–H groups in total. The molecule has 4 nitrogen and oxygen atoms in total. The van der Waals surface area contributed by atoms with Crippen molar-refractivity contribution in [3.05, 3.63) is 0 Å². The van der Waals surface area contributed by atoms with Gasteiger partial charge in [-0.2, -0.15) is 0 Å². The summed E-state index contributed by atoms with van der Waals surface area (Å²) < 4.78 is 23.2. The quantitative estimate of drug-likeness (QED) is 0.0524. The molecule has 0 aromatic rings. The van der Waals surface area contributed by atoms with Crippen molar-refractivity contribution in [2.75, 3.05) is 33.0 Å². The highest BCUT2D eigenvalue weighted by Crippen LogP contribution is 2.13. The van der Waals surface area contributed by atoms with Gasteiger partial charge in [0.2, 0.25) is 11.3 Å². The van der Waals surface area contributed by atoms with E-state index in [-0.39, 0.29) is 0 Å². The average molecular weight is 531 g/mol. The lowest BCUT2D eigenvalue weighted by Gasteiger charge is -2.20. The summed E-state index contributed by atoms with van der Waals surface area (Å²) in [6.07, 6.45) is 26.6. The molecule has 5 heteroatoms. The Morgan fingerprint density at radius 3 is 1.25 bits per heavy atom. The van der Waals surface area contributed by atoms with E-state index in [1.54, 1.807) is 0 Å². The van der Waals surface area contributed by atoms with Gasteiger partial charge in [-0.15, -0.1) is 0 Å². The Morgan fingerprint density at radius 1 is 0.472 bits per heavy atom. The molecule has 0 amide bonds. The third-order valence-corrected chi connectivity index (χ3v) is 6.92. The number of rotatable bonds is 30. The highest BCUT2D eigenvalue weighted by molar-refractivity contribution is 7.80. The van der Waals surface area contributed by atoms with Crippen molar-refractivity contribution in [1.29, 1.82) is 0 Å². The van der Waals surface area contributed by atoms with Crippen molar-refractivity contribution in [3.8, 4) is 0 Å². The van der Waals surface area contributed by atoms with Gasteiger partial charge in [-0.25, -0.2) is 0 Å². The first-order chi connectivity index (χ1) is 17.8. The van der Waals surface area contributed by atoms with E-state index in [0.717, 1.165) is 25.9 Å². The van der Waals surface area contributed by atoms with Gasteiger partial charge < -0.3 is 18.9 Å². The van der Waals surface area contributed by atoms with Crippen molar-refractivity contribution in [2.24, 2.45) is 0 Å². The molecule has 0 aliphatic rings. The van der Waals surface area contributed by atoms with Gasteiger partial charge >= 0.3 is 0 Å². The van der Waals surface area contributed by atoms with Crippen LogP contribution in [0.4, 0.5) is 0 Å². The number of hydrogen-bond donors (Lipinski definition) is 0. The van der Waals surface area contributed by atoms with Crippen LogP contribution in [-0.2, 0) is 18.9 Å². The summed E-state index contributed by atoms with van der Waals surface area (Å²) in [5, 5.41) is 0.436. The molecule has 36 heavy (non-hydrogen) atoms. The molecule has 0 aromatic heterocycles. The monoisotopic (exact) mass is 530 g/mol. The molecule has 216 valence electrons. The van der Waals surface area contributed by atoms with Gasteiger partial charge in [-0.1, -0.05) is 129 Å². The van der Waals surface area contributed by atoms with Crippen molar-refractivity contribution < 1.29 is 18.9 Å². The molecule has 0 heterocycles. The third-order valence-electron chi connectivity index (χ3n) is 6.61. The van der Waals surface area contributed by atoms with Crippen molar-refractivity contribution in [2.45, 2.75) is 162 Å². The van der Waals surface area contributed by atoms with E-state index >= 15 is 0 Å². The smallest absolute Gasteiger partial charge is 0.227 e. The van der Waals surface area contributed by atoms with Crippen LogP contribution in [-0.4, -0.2) is 44.4 Å². The Bertz CT molecular complexity index is 407. The molecule has 0 aliphatic heterocycles. The fourth-order valence-electron chi connectivity index (χ4n) is 4.29. The van der Waals surface area contributed by atoms with Crippen LogP contribution in [0.3, 0.4) is 0 Å². The molecule has 0 rings (SSSR count). The summed E-state index contributed by atoms with van der Waals surface area (Å²) in [4.78, 5) is 0. The predicted molar refractivity (Wildman–Crippen MR) is 159 cm³/mol. The maximum atomic E-state index is 6.03. The molecule has 0 saturated heterocycles. The van der Waals surface area contributed by atoms with Crippen LogP contribution in [0, 0.1) is 0 Å². The average Bonchev–Trinajstić information content (AvgIpc) is 2.88. The maximum absolute atomic E-state index is 6.03. The van der Waals surface area contributed by atoms with Gasteiger partial charge in [-0.05, 0) is 32.0 Å². The zero-order chi connectivity index (χ0) is 26.4. The van der Waals surface area contributed by atoms with Gasteiger partial charge in [0.15, 0.2) is 0 Å². The third kappa shape index (κ3) is 26.8. The van der Waals surface area contributed by atoms with Gasteiger partial charge in [0.25, 0.3) is 0 Å². The van der Waals surface area contributed by atoms with Gasteiger partial charge in [0.05, 0.1) is 19.8 Å². The summed E-state index contributed by atoms with van der Waals surface area (Å²) in [6.45, 7) is 9.90. The van der Waals surface area contributed by atoms with Crippen LogP contribution >= 0.6 is 12.2 Å². The van der Waals surface area contributed by atoms with E-state index in [1.807, 2.05) is 6.92 Å². The molecule has 0 fully saturated rings. The Kier molecular flexibility index (Phi) is 30.8. The Morgan fingerprint density at radius 2 is 0.861 bits per heavy atom. The summed E-state index contributed by atoms with van der Waals surface area (Å²) in [5.74, 6) is 0. The molecule has 0 unspecified atom stereocenters. The van der Waals surface area contributed by atoms with Crippen LogP contribution in [0.1, 0.15) is 156 Å². The van der Waals surface area contributed by atoms with Crippen molar-refractivity contribution in [1.82, 2.24) is 0 Å². The van der Waals surface area contributed by atoms with E-state index in [9.17, 15) is 0 Å². The summed E-state index contributed by atoms with van der Waals surface area (Å²) in [5.41, 5.74) is 0. The SMILES string of the molecule is CCCCCCCCCCCCOC(OCCCCCCCCCCCC)C(=S)OCCCOCC. The first-order valence-corrected chi connectivity index (χ1v) is 16.1. The molecular formula is C31H62O4S. The molecule has 0 bridgehead atoms. The minimum Gasteiger partial charge on any atom is -0.483 e. The van der Waals surface area contributed by atoms with Gasteiger partial charge in [0, 0.05) is 19.6 Å². The molecule has 0 aliphatic carbocycles. The Balaban J connectivity index is 3.96. The Labute approximate surface area is 231 Å². The van der Waals surface area contributed by atoms with E-state index in [0.29, 0.717) is 31.5 Å². The van der Waals surface area contributed by atoms with E-state index in [4.69, 9.17) is 31.2 Å². The van der Waals surface area contributed by atoms with Gasteiger partial charge in [-0.3, -0.25) is 0 Å². The van der Waals surface area contributed by atoms with Crippen LogP contribution in [0.15, 0.2) is 0 Å². The van der Waals surface area contributed by atoms with Crippen LogP contribution in [0.2, 0.25) is 0 Å². The summed E-state index contributed by atoms with van der Waals surface area (Å²) >= 11 is 5.50. The van der Waals surface area contributed by atoms with Crippen molar-refractivity contribution >= 4 is 17.3 Å². The second-order valence-corrected chi connectivity index (χ2v) is 10.6. The lowest BCUT2D eigenvalue weighted by atomic mass is 10.1. The molecule has 0 atom stereocenters. The fraction of sp³-hybridized carbons (Fsp3) is 0.968. The summed E-state index contributed by atoms with van der Waals surface area (Å²) in [6, 6.07) is 0. The zero-order valence-electron chi connectivity index (χ0n) is 24.5. The van der Waals surface area contributed by atoms with Crippen LogP contribution in [0.25, 0.3) is 0 Å². The van der Waals surface area contributed by atoms with Crippen molar-refractivity contribution in [3.63, 3.8) is 0 Å². The number of ether oxygens (including phenoxy) is 4. The summed E-state index contributed by atoms with van der Waals surface area (Å²) in [7, 11) is 0. The lowest BCUT2D eigenvalue weighted by molar-refractivity contribution is -0.108. The molecule has 0 saturated carbocycles. The zero-order valence-corrected chi connectivity index (χ0v) is 25.3. The van der Waals surface area contributed by atoms with Gasteiger partial charge in [0.1, 0.15) is 0 Å². The largest absolute Gasteiger partial charge is 0.483 e. The highest BCUT2D eigenvalue weighted by Gasteiger charge is 2.17. The predicted octanol–water partition coefficient (Wildman–Crippen LogP) is 9.96. The second kappa shape index (κ2) is 31.0. The number of hydrogen-bond acceptors (Lipinski definition) is 5. The Hall–Kier alpha value is -0.230. The highest BCUT2D eigenvalue weighted by atomic mass is 32.1.